The van der Waals surface area contributed by atoms with Gasteiger partial charge in [-0.05, 0) is 42.0 Å². The Kier molecular flexibility index (Phi) is 3.93. The Morgan fingerprint density at radius 3 is 2.20 bits per heavy atom. The molecule has 20 heavy (non-hydrogen) atoms. The molecule has 0 aliphatic carbocycles. The molecule has 0 saturated carbocycles. The van der Waals surface area contributed by atoms with E-state index in [0.29, 0.717) is 5.69 Å². The summed E-state index contributed by atoms with van der Waals surface area (Å²) in [5.41, 5.74) is 5.85. The fourth-order valence-electron chi connectivity index (χ4n) is 1.72. The molecule has 3 N–H and O–H groups in total. The van der Waals surface area contributed by atoms with E-state index < -0.39 is 29.4 Å². The first kappa shape index (κ1) is 13.9. The maximum atomic E-state index is 13.2. The quantitative estimate of drug-likeness (QED) is 0.904. The molecule has 1 atom stereocenters. The zero-order valence-corrected chi connectivity index (χ0v) is 10.2. The fraction of sp³-hybridized carbons (Fsp3) is 0.0714. The van der Waals surface area contributed by atoms with Crippen LogP contribution in [0, 0.1) is 17.5 Å². The molecule has 0 spiro atoms. The van der Waals surface area contributed by atoms with Gasteiger partial charge in [-0.2, -0.15) is 0 Å². The first-order valence-corrected chi connectivity index (χ1v) is 5.74. The average Bonchev–Trinajstić information content (AvgIpc) is 2.41. The van der Waals surface area contributed by atoms with Crippen molar-refractivity contribution in [2.24, 2.45) is 5.73 Å². The van der Waals surface area contributed by atoms with Crippen molar-refractivity contribution >= 4 is 11.6 Å². The third-order valence-electron chi connectivity index (χ3n) is 2.72. The van der Waals surface area contributed by atoms with Crippen LogP contribution in [0.15, 0.2) is 42.5 Å². The summed E-state index contributed by atoms with van der Waals surface area (Å²) in [5.74, 6) is -3.28. The van der Waals surface area contributed by atoms with Gasteiger partial charge in [0.15, 0.2) is 11.6 Å². The Bertz CT molecular complexity index is 629. The van der Waals surface area contributed by atoms with Gasteiger partial charge >= 0.3 is 0 Å². The lowest BCUT2D eigenvalue weighted by Crippen LogP contribution is -2.27. The molecule has 6 heteroatoms. The highest BCUT2D eigenvalue weighted by molar-refractivity contribution is 5.84. The van der Waals surface area contributed by atoms with Crippen LogP contribution in [-0.2, 0) is 4.79 Å². The Morgan fingerprint density at radius 2 is 1.65 bits per heavy atom. The van der Waals surface area contributed by atoms with Crippen molar-refractivity contribution in [3.8, 4) is 0 Å². The van der Waals surface area contributed by atoms with Gasteiger partial charge in [0.2, 0.25) is 5.91 Å². The summed E-state index contributed by atoms with van der Waals surface area (Å²) in [6.07, 6.45) is 0. The normalized spacial score (nSPS) is 11.9. The van der Waals surface area contributed by atoms with Crippen molar-refractivity contribution in [1.82, 2.24) is 0 Å². The summed E-state index contributed by atoms with van der Waals surface area (Å²) >= 11 is 0. The maximum absolute atomic E-state index is 13.2. The first-order chi connectivity index (χ1) is 9.47. The number of rotatable bonds is 4. The Labute approximate surface area is 113 Å². The maximum Gasteiger partial charge on any atom is 0.244 e. The highest BCUT2D eigenvalue weighted by Gasteiger charge is 2.19. The van der Waals surface area contributed by atoms with E-state index >= 15 is 0 Å². The van der Waals surface area contributed by atoms with Crippen molar-refractivity contribution in [3.05, 3.63) is 65.5 Å². The van der Waals surface area contributed by atoms with E-state index in [-0.39, 0.29) is 5.56 Å². The minimum atomic E-state index is -1.07. The van der Waals surface area contributed by atoms with E-state index in [9.17, 15) is 18.0 Å². The number of amides is 1. The van der Waals surface area contributed by atoms with Crippen LogP contribution in [0.5, 0.6) is 0 Å². The van der Waals surface area contributed by atoms with Crippen LogP contribution in [0.3, 0.4) is 0 Å². The number of halogens is 3. The second-order valence-corrected chi connectivity index (χ2v) is 4.16. The predicted octanol–water partition coefficient (Wildman–Crippen LogP) is 2.74. The molecule has 2 aromatic rings. The molecular formula is C14H11F3N2O. The number of hydrogen-bond acceptors (Lipinski definition) is 2. The van der Waals surface area contributed by atoms with E-state index in [1.807, 2.05) is 0 Å². The lowest BCUT2D eigenvalue weighted by atomic mass is 10.1. The van der Waals surface area contributed by atoms with Gasteiger partial charge in [-0.25, -0.2) is 13.2 Å². The van der Waals surface area contributed by atoms with Crippen molar-refractivity contribution < 1.29 is 18.0 Å². The molecule has 2 rings (SSSR count). The highest BCUT2D eigenvalue weighted by atomic mass is 19.2. The van der Waals surface area contributed by atoms with Gasteiger partial charge in [-0.3, -0.25) is 4.79 Å². The molecule has 0 aromatic heterocycles. The number of nitrogens with one attached hydrogen (secondary N) is 1. The highest BCUT2D eigenvalue weighted by Crippen LogP contribution is 2.21. The van der Waals surface area contributed by atoms with Gasteiger partial charge in [-0.15, -0.1) is 0 Å². The summed E-state index contributed by atoms with van der Waals surface area (Å²) < 4.78 is 38.9. The van der Waals surface area contributed by atoms with Crippen LogP contribution in [0.25, 0.3) is 0 Å². The molecule has 3 nitrogen and oxygen atoms in total. The standard InChI is InChI=1S/C14H11F3N2O/c15-9-2-4-10(5-3-9)19-13(14(18)20)8-1-6-11(16)12(17)7-8/h1-7,13,19H,(H2,18,20). The molecule has 0 heterocycles. The van der Waals surface area contributed by atoms with Gasteiger partial charge in [0.25, 0.3) is 0 Å². The van der Waals surface area contributed by atoms with Gasteiger partial charge in [-0.1, -0.05) is 6.07 Å². The molecule has 1 amide bonds. The zero-order chi connectivity index (χ0) is 14.7. The van der Waals surface area contributed by atoms with Crippen LogP contribution in [0.1, 0.15) is 11.6 Å². The third kappa shape index (κ3) is 3.09. The molecule has 0 radical (unpaired) electrons. The van der Waals surface area contributed by atoms with E-state index in [1.54, 1.807) is 0 Å². The van der Waals surface area contributed by atoms with Crippen LogP contribution in [-0.4, -0.2) is 5.91 Å². The van der Waals surface area contributed by atoms with Gasteiger partial charge in [0.1, 0.15) is 11.9 Å². The topological polar surface area (TPSA) is 55.1 Å². The molecular weight excluding hydrogens is 269 g/mol. The monoisotopic (exact) mass is 280 g/mol. The van der Waals surface area contributed by atoms with Crippen LogP contribution in [0.4, 0.5) is 18.9 Å². The Morgan fingerprint density at radius 1 is 1.00 bits per heavy atom. The van der Waals surface area contributed by atoms with Crippen LogP contribution < -0.4 is 11.1 Å². The number of primary amides is 1. The molecule has 104 valence electrons. The van der Waals surface area contributed by atoms with E-state index in [0.717, 1.165) is 12.1 Å². The summed E-state index contributed by atoms with van der Waals surface area (Å²) in [6, 6.07) is 7.22. The second kappa shape index (κ2) is 5.64. The van der Waals surface area contributed by atoms with E-state index in [2.05, 4.69) is 5.32 Å². The average molecular weight is 280 g/mol. The molecule has 0 aliphatic heterocycles. The molecule has 1 unspecified atom stereocenters. The summed E-state index contributed by atoms with van der Waals surface area (Å²) in [4.78, 5) is 11.4. The number of nitrogens with two attached hydrogens (primary N) is 1. The number of anilines is 1. The minimum absolute atomic E-state index is 0.181. The molecule has 2 aromatic carbocycles. The number of carbonyl (C=O) groups excluding carboxylic acids is 1. The second-order valence-electron chi connectivity index (χ2n) is 4.16. The summed E-state index contributed by atoms with van der Waals surface area (Å²) in [6.45, 7) is 0. The van der Waals surface area contributed by atoms with Crippen molar-refractivity contribution in [1.29, 1.82) is 0 Å². The van der Waals surface area contributed by atoms with E-state index in [4.69, 9.17) is 5.73 Å². The van der Waals surface area contributed by atoms with E-state index in [1.165, 1.54) is 30.3 Å². The number of carbonyl (C=O) groups is 1. The number of hydrogen-bond donors (Lipinski definition) is 2. The minimum Gasteiger partial charge on any atom is -0.370 e. The molecule has 0 saturated heterocycles. The molecule has 0 fully saturated rings. The summed E-state index contributed by atoms with van der Waals surface area (Å²) in [5, 5.41) is 2.74. The lowest BCUT2D eigenvalue weighted by molar-refractivity contribution is -0.118. The Balaban J connectivity index is 2.29. The fourth-order valence-corrected chi connectivity index (χ4v) is 1.72. The molecule has 0 aliphatic rings. The van der Waals surface area contributed by atoms with Crippen molar-refractivity contribution in [2.45, 2.75) is 6.04 Å². The SMILES string of the molecule is NC(=O)C(Nc1ccc(F)cc1)c1ccc(F)c(F)c1. The largest absolute Gasteiger partial charge is 0.370 e. The molecule has 0 bridgehead atoms. The van der Waals surface area contributed by atoms with Crippen LogP contribution in [0.2, 0.25) is 0 Å². The van der Waals surface area contributed by atoms with Crippen molar-refractivity contribution in [3.63, 3.8) is 0 Å². The predicted molar refractivity (Wildman–Crippen MR) is 68.3 cm³/mol. The zero-order valence-electron chi connectivity index (χ0n) is 10.2. The van der Waals surface area contributed by atoms with Gasteiger partial charge in [0.05, 0.1) is 0 Å². The first-order valence-electron chi connectivity index (χ1n) is 5.74. The third-order valence-corrected chi connectivity index (χ3v) is 2.72. The Hall–Kier alpha value is -2.50. The van der Waals surface area contributed by atoms with Gasteiger partial charge in [0, 0.05) is 5.69 Å². The smallest absolute Gasteiger partial charge is 0.244 e. The summed E-state index contributed by atoms with van der Waals surface area (Å²) in [7, 11) is 0. The van der Waals surface area contributed by atoms with Crippen LogP contribution >= 0.6 is 0 Å². The lowest BCUT2D eigenvalue weighted by Gasteiger charge is -2.17. The van der Waals surface area contributed by atoms with Crippen molar-refractivity contribution in [2.75, 3.05) is 5.32 Å². The number of benzene rings is 2. The van der Waals surface area contributed by atoms with Gasteiger partial charge < -0.3 is 11.1 Å².